The average molecular weight is 321 g/mol. The monoisotopic (exact) mass is 321 g/mol. The Bertz CT molecular complexity index is 795. The van der Waals surface area contributed by atoms with Crippen LogP contribution in [0.2, 0.25) is 0 Å². The van der Waals surface area contributed by atoms with E-state index in [0.717, 1.165) is 17.5 Å². The topological polar surface area (TPSA) is 68.0 Å². The summed E-state index contributed by atoms with van der Waals surface area (Å²) in [4.78, 5) is 16.4. The van der Waals surface area contributed by atoms with Crippen LogP contribution in [0.5, 0.6) is 0 Å². The quantitative estimate of drug-likeness (QED) is 0.707. The molecule has 0 bridgehead atoms. The Morgan fingerprint density at radius 3 is 2.58 bits per heavy atom. The normalized spacial score (nSPS) is 10.5. The SMILES string of the molecule is Cc1ccc(C(=O)NCCCc2nc(-c3ccccc3)no2)cc1. The maximum absolute atomic E-state index is 12.0. The number of rotatable bonds is 6. The van der Waals surface area contributed by atoms with Gasteiger partial charge >= 0.3 is 0 Å². The maximum atomic E-state index is 12.0. The van der Waals surface area contributed by atoms with Crippen LogP contribution in [-0.4, -0.2) is 22.6 Å². The number of aryl methyl sites for hydroxylation is 2. The number of carbonyl (C=O) groups excluding carboxylic acids is 1. The minimum Gasteiger partial charge on any atom is -0.352 e. The third kappa shape index (κ3) is 4.07. The molecule has 3 aromatic rings. The number of carbonyl (C=O) groups is 1. The lowest BCUT2D eigenvalue weighted by Gasteiger charge is -2.04. The van der Waals surface area contributed by atoms with E-state index in [4.69, 9.17) is 4.52 Å². The van der Waals surface area contributed by atoms with Gasteiger partial charge in [-0.3, -0.25) is 4.79 Å². The smallest absolute Gasteiger partial charge is 0.251 e. The summed E-state index contributed by atoms with van der Waals surface area (Å²) < 4.78 is 5.25. The number of hydrogen-bond donors (Lipinski definition) is 1. The van der Waals surface area contributed by atoms with Crippen molar-refractivity contribution in [3.05, 3.63) is 71.6 Å². The van der Waals surface area contributed by atoms with Crippen molar-refractivity contribution in [1.29, 1.82) is 0 Å². The van der Waals surface area contributed by atoms with Gasteiger partial charge in [0.15, 0.2) is 0 Å². The molecule has 24 heavy (non-hydrogen) atoms. The van der Waals surface area contributed by atoms with Gasteiger partial charge in [-0.15, -0.1) is 0 Å². The number of hydrogen-bond acceptors (Lipinski definition) is 4. The van der Waals surface area contributed by atoms with E-state index in [-0.39, 0.29) is 5.91 Å². The predicted molar refractivity (Wildman–Crippen MR) is 91.6 cm³/mol. The predicted octanol–water partition coefficient (Wildman–Crippen LogP) is 3.41. The lowest BCUT2D eigenvalue weighted by molar-refractivity contribution is 0.0953. The minimum atomic E-state index is -0.0643. The van der Waals surface area contributed by atoms with Gasteiger partial charge < -0.3 is 9.84 Å². The maximum Gasteiger partial charge on any atom is 0.251 e. The molecule has 0 saturated heterocycles. The molecular formula is C19H19N3O2. The number of aromatic nitrogens is 2. The van der Waals surface area contributed by atoms with Crippen LogP contribution >= 0.6 is 0 Å². The zero-order valence-corrected chi connectivity index (χ0v) is 13.5. The molecule has 1 N–H and O–H groups in total. The molecule has 0 aliphatic rings. The van der Waals surface area contributed by atoms with Crippen molar-refractivity contribution in [3.8, 4) is 11.4 Å². The molecule has 5 heteroatoms. The fourth-order valence-electron chi connectivity index (χ4n) is 2.31. The molecule has 0 fully saturated rings. The van der Waals surface area contributed by atoms with E-state index in [1.54, 1.807) is 0 Å². The van der Waals surface area contributed by atoms with Crippen LogP contribution in [0.3, 0.4) is 0 Å². The van der Waals surface area contributed by atoms with Gasteiger partial charge in [-0.05, 0) is 25.5 Å². The van der Waals surface area contributed by atoms with Gasteiger partial charge in [0.1, 0.15) is 0 Å². The highest BCUT2D eigenvalue weighted by Gasteiger charge is 2.08. The van der Waals surface area contributed by atoms with Gasteiger partial charge in [-0.25, -0.2) is 0 Å². The summed E-state index contributed by atoms with van der Waals surface area (Å²) in [6.45, 7) is 2.56. The summed E-state index contributed by atoms with van der Waals surface area (Å²) >= 11 is 0. The zero-order chi connectivity index (χ0) is 16.8. The van der Waals surface area contributed by atoms with Gasteiger partial charge in [0.05, 0.1) is 0 Å². The van der Waals surface area contributed by atoms with Crippen LogP contribution in [0.15, 0.2) is 59.1 Å². The van der Waals surface area contributed by atoms with Gasteiger partial charge in [0, 0.05) is 24.1 Å². The Morgan fingerprint density at radius 1 is 1.08 bits per heavy atom. The number of nitrogens with zero attached hydrogens (tertiary/aromatic N) is 2. The van der Waals surface area contributed by atoms with E-state index in [9.17, 15) is 4.79 Å². The summed E-state index contributed by atoms with van der Waals surface area (Å²) in [5.74, 6) is 1.11. The van der Waals surface area contributed by atoms with Crippen LogP contribution in [0.1, 0.15) is 28.2 Å². The number of nitrogens with one attached hydrogen (secondary N) is 1. The molecular weight excluding hydrogens is 302 g/mol. The van der Waals surface area contributed by atoms with Gasteiger partial charge in [-0.2, -0.15) is 4.98 Å². The second kappa shape index (κ2) is 7.55. The van der Waals surface area contributed by atoms with E-state index in [0.29, 0.717) is 30.2 Å². The first-order chi connectivity index (χ1) is 11.7. The standard InChI is InChI=1S/C19H19N3O2/c1-14-9-11-16(12-10-14)19(23)20-13-5-8-17-21-18(22-24-17)15-6-3-2-4-7-15/h2-4,6-7,9-12H,5,8,13H2,1H3,(H,20,23). The molecule has 0 unspecified atom stereocenters. The van der Waals surface area contributed by atoms with Crippen molar-refractivity contribution in [1.82, 2.24) is 15.5 Å². The molecule has 1 heterocycles. The van der Waals surface area contributed by atoms with Gasteiger partial charge in [0.2, 0.25) is 11.7 Å². The summed E-state index contributed by atoms with van der Waals surface area (Å²) in [6, 6.07) is 17.2. The Balaban J connectivity index is 1.46. The Morgan fingerprint density at radius 2 is 1.83 bits per heavy atom. The van der Waals surface area contributed by atoms with Crippen molar-refractivity contribution < 1.29 is 9.32 Å². The van der Waals surface area contributed by atoms with Crippen molar-refractivity contribution in [2.75, 3.05) is 6.54 Å². The van der Waals surface area contributed by atoms with E-state index >= 15 is 0 Å². The molecule has 2 aromatic carbocycles. The molecule has 3 rings (SSSR count). The largest absolute Gasteiger partial charge is 0.352 e. The van der Waals surface area contributed by atoms with Crippen molar-refractivity contribution in [2.24, 2.45) is 0 Å². The van der Waals surface area contributed by atoms with Crippen molar-refractivity contribution in [2.45, 2.75) is 19.8 Å². The number of benzene rings is 2. The Labute approximate surface area is 140 Å². The highest BCUT2D eigenvalue weighted by atomic mass is 16.5. The van der Waals surface area contributed by atoms with Crippen LogP contribution < -0.4 is 5.32 Å². The zero-order valence-electron chi connectivity index (χ0n) is 13.5. The van der Waals surface area contributed by atoms with E-state index < -0.39 is 0 Å². The Hall–Kier alpha value is -2.95. The number of amides is 1. The molecule has 0 spiro atoms. The van der Waals surface area contributed by atoms with Gasteiger partial charge in [0.25, 0.3) is 5.91 Å². The summed E-state index contributed by atoms with van der Waals surface area (Å²) in [5, 5.41) is 6.88. The average Bonchev–Trinajstić information content (AvgIpc) is 3.09. The van der Waals surface area contributed by atoms with Crippen molar-refractivity contribution in [3.63, 3.8) is 0 Å². The molecule has 0 atom stereocenters. The van der Waals surface area contributed by atoms with Crippen LogP contribution in [-0.2, 0) is 6.42 Å². The fraction of sp³-hybridized carbons (Fsp3) is 0.211. The lowest BCUT2D eigenvalue weighted by Crippen LogP contribution is -2.24. The highest BCUT2D eigenvalue weighted by molar-refractivity contribution is 5.94. The lowest BCUT2D eigenvalue weighted by atomic mass is 10.1. The first kappa shape index (κ1) is 15.9. The van der Waals surface area contributed by atoms with Crippen molar-refractivity contribution >= 4 is 5.91 Å². The second-order valence-electron chi connectivity index (χ2n) is 5.60. The Kier molecular flexibility index (Phi) is 5.01. The molecule has 122 valence electrons. The van der Waals surface area contributed by atoms with E-state index in [1.807, 2.05) is 61.5 Å². The van der Waals surface area contributed by atoms with Crippen LogP contribution in [0.25, 0.3) is 11.4 Å². The highest BCUT2D eigenvalue weighted by Crippen LogP contribution is 2.15. The first-order valence-electron chi connectivity index (χ1n) is 7.95. The minimum absolute atomic E-state index is 0.0643. The molecule has 5 nitrogen and oxygen atoms in total. The second-order valence-corrected chi connectivity index (χ2v) is 5.60. The molecule has 1 aromatic heterocycles. The van der Waals surface area contributed by atoms with E-state index in [1.165, 1.54) is 0 Å². The third-order valence-electron chi connectivity index (χ3n) is 3.67. The van der Waals surface area contributed by atoms with E-state index in [2.05, 4.69) is 15.5 Å². The summed E-state index contributed by atoms with van der Waals surface area (Å²) in [6.07, 6.45) is 1.38. The third-order valence-corrected chi connectivity index (χ3v) is 3.67. The summed E-state index contributed by atoms with van der Waals surface area (Å²) in [5.41, 5.74) is 2.74. The van der Waals surface area contributed by atoms with Crippen LogP contribution in [0.4, 0.5) is 0 Å². The van der Waals surface area contributed by atoms with Gasteiger partial charge in [-0.1, -0.05) is 53.2 Å². The molecule has 0 aliphatic carbocycles. The molecule has 0 aliphatic heterocycles. The molecule has 1 amide bonds. The van der Waals surface area contributed by atoms with Crippen LogP contribution in [0, 0.1) is 6.92 Å². The molecule has 0 saturated carbocycles. The first-order valence-corrected chi connectivity index (χ1v) is 7.95. The summed E-state index contributed by atoms with van der Waals surface area (Å²) in [7, 11) is 0. The molecule has 0 radical (unpaired) electrons. The fourth-order valence-corrected chi connectivity index (χ4v) is 2.31.